The molecule has 1 atom stereocenters. The summed E-state index contributed by atoms with van der Waals surface area (Å²) < 4.78 is 19.3. The molecule has 0 saturated heterocycles. The molecule has 1 aliphatic carbocycles. The smallest absolute Gasteiger partial charge is 0.277 e. The van der Waals surface area contributed by atoms with Gasteiger partial charge in [0.2, 0.25) is 0 Å². The first-order valence-electron chi connectivity index (χ1n) is 8.00. The second kappa shape index (κ2) is 7.23. The molecule has 2 N–H and O–H groups in total. The fourth-order valence-electron chi connectivity index (χ4n) is 2.95. The summed E-state index contributed by atoms with van der Waals surface area (Å²) in [7, 11) is 0. The van der Waals surface area contributed by atoms with E-state index in [1.807, 2.05) is 13.0 Å². The van der Waals surface area contributed by atoms with Gasteiger partial charge in [-0.15, -0.1) is 0 Å². The minimum absolute atomic E-state index is 0.0713. The molecule has 0 saturated carbocycles. The van der Waals surface area contributed by atoms with Crippen LogP contribution in [0.3, 0.4) is 0 Å². The maximum Gasteiger partial charge on any atom is 0.277 e. The Balaban J connectivity index is 1.69. The number of amides is 1. The highest BCUT2D eigenvalue weighted by Crippen LogP contribution is 2.39. The number of benzene rings is 2. The molecule has 0 radical (unpaired) electrons. The van der Waals surface area contributed by atoms with E-state index in [0.29, 0.717) is 34.6 Å². The summed E-state index contributed by atoms with van der Waals surface area (Å²) in [6.45, 7) is 1.50. The van der Waals surface area contributed by atoms with Crippen molar-refractivity contribution in [2.24, 2.45) is 5.10 Å². The van der Waals surface area contributed by atoms with E-state index in [2.05, 4.69) is 10.5 Å². The molecule has 2 aromatic carbocycles. The maximum atomic E-state index is 14.0. The summed E-state index contributed by atoms with van der Waals surface area (Å²) in [6, 6.07) is 11.0. The Labute approximate surface area is 149 Å². The maximum absolute atomic E-state index is 14.0. The lowest BCUT2D eigenvalue weighted by Crippen LogP contribution is -2.26. The monoisotopic (exact) mass is 353 g/mol. The molecule has 0 unspecified atom stereocenters. The highest BCUT2D eigenvalue weighted by atomic mass is 19.1. The number of aromatic hydroxyl groups is 1. The number of hydrogen-bond donors (Lipinski definition) is 2. The average molecular weight is 353 g/mol. The zero-order valence-electron chi connectivity index (χ0n) is 14.0. The third kappa shape index (κ3) is 3.35. The number of rotatable bonds is 4. The van der Waals surface area contributed by atoms with Gasteiger partial charge >= 0.3 is 0 Å². The lowest BCUT2D eigenvalue weighted by atomic mass is 10.0. The Morgan fingerprint density at radius 3 is 2.96 bits per heavy atom. The van der Waals surface area contributed by atoms with Crippen molar-refractivity contribution in [1.82, 2.24) is 5.43 Å². The van der Waals surface area contributed by atoms with Crippen LogP contribution >= 0.6 is 0 Å². The fraction of sp³-hybridized carbons (Fsp3) is 0.211. The second-order valence-corrected chi connectivity index (χ2v) is 5.95. The molecule has 6 nitrogen and oxygen atoms in total. The molecule has 0 aromatic heterocycles. The molecule has 0 bridgehead atoms. The van der Waals surface area contributed by atoms with E-state index in [9.17, 15) is 14.3 Å². The van der Waals surface area contributed by atoms with Gasteiger partial charge in [0.15, 0.2) is 6.61 Å². The Morgan fingerprint density at radius 2 is 2.19 bits per heavy atom. The molecular formula is C19H16FN3O3. The number of carbonyl (C=O) groups is 1. The normalized spacial score (nSPS) is 16.8. The van der Waals surface area contributed by atoms with Crippen molar-refractivity contribution >= 4 is 11.6 Å². The molecule has 26 heavy (non-hydrogen) atoms. The van der Waals surface area contributed by atoms with Crippen LogP contribution in [0.2, 0.25) is 0 Å². The molecule has 2 aromatic rings. The number of nitrogens with zero attached hydrogens (tertiary/aromatic N) is 2. The molecule has 3 rings (SSSR count). The first-order chi connectivity index (χ1) is 12.5. The van der Waals surface area contributed by atoms with Crippen LogP contribution in [-0.4, -0.2) is 23.3 Å². The number of ether oxygens (including phenoxy) is 1. The average Bonchev–Trinajstić information content (AvgIpc) is 2.99. The van der Waals surface area contributed by atoms with E-state index >= 15 is 0 Å². The van der Waals surface area contributed by atoms with Crippen LogP contribution in [0.25, 0.3) is 0 Å². The van der Waals surface area contributed by atoms with Crippen LogP contribution < -0.4 is 10.2 Å². The molecule has 1 amide bonds. The minimum Gasteiger partial charge on any atom is -0.507 e. The summed E-state index contributed by atoms with van der Waals surface area (Å²) in [5, 5.41) is 23.0. The number of nitriles is 1. The van der Waals surface area contributed by atoms with Crippen molar-refractivity contribution in [3.63, 3.8) is 0 Å². The van der Waals surface area contributed by atoms with Gasteiger partial charge in [0.05, 0.1) is 11.3 Å². The summed E-state index contributed by atoms with van der Waals surface area (Å²) in [5.74, 6) is -0.845. The van der Waals surface area contributed by atoms with Crippen molar-refractivity contribution in [2.45, 2.75) is 19.3 Å². The topological polar surface area (TPSA) is 94.7 Å². The van der Waals surface area contributed by atoms with Crippen LogP contribution in [-0.2, 0) is 4.79 Å². The third-order valence-electron chi connectivity index (χ3n) is 4.13. The number of fused-ring (bicyclic) bond motifs is 1. The number of hydrazone groups is 1. The van der Waals surface area contributed by atoms with Gasteiger partial charge in [-0.2, -0.15) is 10.4 Å². The number of nitrogens with one attached hydrogen (secondary N) is 1. The van der Waals surface area contributed by atoms with E-state index in [-0.39, 0.29) is 18.3 Å². The van der Waals surface area contributed by atoms with E-state index in [4.69, 9.17) is 10.00 Å². The van der Waals surface area contributed by atoms with E-state index in [1.54, 1.807) is 24.3 Å². The third-order valence-corrected chi connectivity index (χ3v) is 4.13. The number of carbonyl (C=O) groups excluding carboxylic acids is 1. The van der Waals surface area contributed by atoms with Gasteiger partial charge in [0.1, 0.15) is 23.4 Å². The van der Waals surface area contributed by atoms with Crippen molar-refractivity contribution in [2.75, 3.05) is 6.61 Å². The van der Waals surface area contributed by atoms with E-state index < -0.39 is 11.7 Å². The van der Waals surface area contributed by atoms with Gasteiger partial charge in [-0.25, -0.2) is 9.82 Å². The lowest BCUT2D eigenvalue weighted by molar-refractivity contribution is -0.123. The number of halogens is 1. The summed E-state index contributed by atoms with van der Waals surface area (Å²) in [5.41, 5.74) is 3.81. The number of phenols is 1. The molecule has 7 heteroatoms. The van der Waals surface area contributed by atoms with Crippen LogP contribution in [0.15, 0.2) is 41.5 Å². The molecule has 0 fully saturated rings. The standard InChI is InChI=1S/C19H16FN3O3/c1-11-8-14(19-15(24)7-6-13(20)18(11)19)22-23-17(25)10-26-16-5-3-2-4-12(16)9-21/h2-7,11,24H,8,10H2,1H3,(H,23,25)/b22-14+/t11-/m0/s1. The fourth-order valence-corrected chi connectivity index (χ4v) is 2.95. The zero-order valence-corrected chi connectivity index (χ0v) is 14.0. The number of para-hydroxylation sites is 1. The first kappa shape index (κ1) is 17.4. The van der Waals surface area contributed by atoms with Gasteiger partial charge in [-0.1, -0.05) is 19.1 Å². The Hall–Kier alpha value is -3.40. The van der Waals surface area contributed by atoms with Crippen LogP contribution in [0.5, 0.6) is 11.5 Å². The number of hydrogen-bond acceptors (Lipinski definition) is 5. The summed E-state index contributed by atoms with van der Waals surface area (Å²) in [4.78, 5) is 12.0. The van der Waals surface area contributed by atoms with Crippen LogP contribution in [0.4, 0.5) is 4.39 Å². The highest BCUT2D eigenvalue weighted by molar-refractivity contribution is 6.07. The SMILES string of the molecule is C[C@H]1C/C(=N\NC(=O)COc2ccccc2C#N)c2c(O)ccc(F)c21. The summed E-state index contributed by atoms with van der Waals surface area (Å²) in [6.07, 6.45) is 0.405. The molecule has 0 aliphatic heterocycles. The van der Waals surface area contributed by atoms with Gasteiger partial charge in [0.25, 0.3) is 5.91 Å². The second-order valence-electron chi connectivity index (χ2n) is 5.95. The zero-order chi connectivity index (χ0) is 18.7. The van der Waals surface area contributed by atoms with Gasteiger partial charge in [0, 0.05) is 11.1 Å². The molecule has 0 heterocycles. The quantitative estimate of drug-likeness (QED) is 0.827. The molecular weight excluding hydrogens is 337 g/mol. The van der Waals surface area contributed by atoms with Crippen LogP contribution in [0.1, 0.15) is 36.0 Å². The van der Waals surface area contributed by atoms with Crippen molar-refractivity contribution in [3.8, 4) is 17.6 Å². The van der Waals surface area contributed by atoms with Gasteiger partial charge < -0.3 is 9.84 Å². The largest absolute Gasteiger partial charge is 0.507 e. The predicted octanol–water partition coefficient (Wildman–Crippen LogP) is 2.81. The molecule has 1 aliphatic rings. The van der Waals surface area contributed by atoms with Crippen molar-refractivity contribution in [3.05, 3.63) is 58.9 Å². The predicted molar refractivity (Wildman–Crippen MR) is 92.4 cm³/mol. The van der Waals surface area contributed by atoms with E-state index in [1.165, 1.54) is 12.1 Å². The summed E-state index contributed by atoms with van der Waals surface area (Å²) >= 11 is 0. The Morgan fingerprint density at radius 1 is 1.42 bits per heavy atom. The number of phenolic OH excluding ortho intramolecular Hbond substituents is 1. The Bertz CT molecular complexity index is 934. The van der Waals surface area contributed by atoms with Gasteiger partial charge in [-0.3, -0.25) is 4.79 Å². The molecule has 132 valence electrons. The van der Waals surface area contributed by atoms with Crippen LogP contribution in [0, 0.1) is 17.1 Å². The minimum atomic E-state index is -0.526. The molecule has 0 spiro atoms. The van der Waals surface area contributed by atoms with Crippen molar-refractivity contribution in [1.29, 1.82) is 5.26 Å². The van der Waals surface area contributed by atoms with Gasteiger partial charge in [-0.05, 0) is 36.6 Å². The van der Waals surface area contributed by atoms with Crippen molar-refractivity contribution < 1.29 is 19.0 Å². The van der Waals surface area contributed by atoms with E-state index in [0.717, 1.165) is 0 Å². The Kier molecular flexibility index (Phi) is 4.85. The lowest BCUT2D eigenvalue weighted by Gasteiger charge is -2.07. The highest BCUT2D eigenvalue weighted by Gasteiger charge is 2.30. The first-order valence-corrected chi connectivity index (χ1v) is 8.00.